The van der Waals surface area contributed by atoms with Crippen molar-refractivity contribution in [2.24, 2.45) is 0 Å². The van der Waals surface area contributed by atoms with Gasteiger partial charge in [-0.05, 0) is 38.5 Å². The molecule has 0 radical (unpaired) electrons. The molecule has 2 aromatic heterocycles. The van der Waals surface area contributed by atoms with Crippen molar-refractivity contribution in [2.75, 3.05) is 13.1 Å². The lowest BCUT2D eigenvalue weighted by Crippen LogP contribution is -2.42. The summed E-state index contributed by atoms with van der Waals surface area (Å²) in [6.45, 7) is 2.07. The highest BCUT2D eigenvalue weighted by molar-refractivity contribution is 5.76. The van der Waals surface area contributed by atoms with Gasteiger partial charge in [0.1, 0.15) is 18.2 Å². The van der Waals surface area contributed by atoms with Crippen LogP contribution in [-0.2, 0) is 24.3 Å². The lowest BCUT2D eigenvalue weighted by atomic mass is 9.97. The van der Waals surface area contributed by atoms with E-state index < -0.39 is 0 Å². The molecule has 1 amide bonds. The predicted octanol–water partition coefficient (Wildman–Crippen LogP) is 1.17. The van der Waals surface area contributed by atoms with Crippen LogP contribution in [0.25, 0.3) is 0 Å². The van der Waals surface area contributed by atoms with Crippen LogP contribution in [0.15, 0.2) is 4.79 Å². The van der Waals surface area contributed by atoms with E-state index in [0.717, 1.165) is 62.5 Å². The maximum atomic E-state index is 12.9. The van der Waals surface area contributed by atoms with Crippen molar-refractivity contribution in [1.82, 2.24) is 34.4 Å². The van der Waals surface area contributed by atoms with E-state index in [4.69, 9.17) is 0 Å². The van der Waals surface area contributed by atoms with Crippen LogP contribution in [0.5, 0.6) is 0 Å². The second kappa shape index (κ2) is 7.18. The van der Waals surface area contributed by atoms with E-state index in [1.807, 2.05) is 4.90 Å². The summed E-state index contributed by atoms with van der Waals surface area (Å²) < 4.78 is 3.09. The van der Waals surface area contributed by atoms with Gasteiger partial charge in [-0.15, -0.1) is 0 Å². The van der Waals surface area contributed by atoms with Gasteiger partial charge in [0.25, 0.3) is 0 Å². The molecule has 4 heterocycles. The number of carbonyl (C=O) groups is 1. The van der Waals surface area contributed by atoms with Gasteiger partial charge in [-0.1, -0.05) is 6.42 Å². The largest absolute Gasteiger partial charge is 0.346 e. The number of amides is 1. The molecule has 2 fully saturated rings. The highest BCUT2D eigenvalue weighted by Crippen LogP contribution is 2.38. The van der Waals surface area contributed by atoms with Crippen molar-refractivity contribution in [3.8, 4) is 0 Å². The summed E-state index contributed by atoms with van der Waals surface area (Å²) in [5.74, 6) is 3.30. The number of nitrogens with zero attached hydrogens (tertiary/aromatic N) is 6. The first-order valence-corrected chi connectivity index (χ1v) is 10.6. The number of aryl methyl sites for hydroxylation is 1. The number of fused-ring (bicyclic) bond motifs is 1. The lowest BCUT2D eigenvalue weighted by molar-refractivity contribution is -0.133. The average Bonchev–Trinajstić information content (AvgIpc) is 3.43. The van der Waals surface area contributed by atoms with Gasteiger partial charge in [0.05, 0.1) is 0 Å². The molecule has 1 saturated carbocycles. The topological polar surface area (TPSA) is 102 Å². The zero-order valence-electron chi connectivity index (χ0n) is 16.1. The molecular weight excluding hydrogens is 358 g/mol. The number of hydrogen-bond acceptors (Lipinski definition) is 5. The molecule has 3 aliphatic rings. The third-order valence-corrected chi connectivity index (χ3v) is 6.19. The fourth-order valence-electron chi connectivity index (χ4n) is 4.38. The van der Waals surface area contributed by atoms with Crippen LogP contribution in [0.3, 0.4) is 0 Å². The van der Waals surface area contributed by atoms with Gasteiger partial charge in [-0.25, -0.2) is 14.5 Å². The Balaban J connectivity index is 1.26. The van der Waals surface area contributed by atoms with Gasteiger partial charge in [0.15, 0.2) is 5.82 Å². The highest BCUT2D eigenvalue weighted by atomic mass is 16.2. The Kier molecular flexibility index (Phi) is 4.52. The van der Waals surface area contributed by atoms with E-state index in [9.17, 15) is 9.59 Å². The molecule has 1 N–H and O–H groups in total. The molecule has 0 aromatic carbocycles. The molecule has 0 spiro atoms. The van der Waals surface area contributed by atoms with Crippen molar-refractivity contribution in [3.05, 3.63) is 28.0 Å². The van der Waals surface area contributed by atoms with Gasteiger partial charge in [0.2, 0.25) is 5.91 Å². The number of aromatic nitrogens is 6. The summed E-state index contributed by atoms with van der Waals surface area (Å²) in [6, 6.07) is 0. The quantitative estimate of drug-likeness (QED) is 0.851. The fraction of sp³-hybridized carbons (Fsp3) is 0.737. The van der Waals surface area contributed by atoms with E-state index in [1.54, 1.807) is 4.57 Å². The van der Waals surface area contributed by atoms with Crippen molar-refractivity contribution < 1.29 is 4.79 Å². The zero-order chi connectivity index (χ0) is 19.1. The summed E-state index contributed by atoms with van der Waals surface area (Å²) >= 11 is 0. The van der Waals surface area contributed by atoms with Gasteiger partial charge in [-0.3, -0.25) is 14.5 Å². The first-order valence-electron chi connectivity index (χ1n) is 10.6. The number of rotatable bonds is 4. The fourth-order valence-corrected chi connectivity index (χ4v) is 4.38. The molecular formula is C19H27N7O2. The zero-order valence-corrected chi connectivity index (χ0v) is 16.1. The maximum absolute atomic E-state index is 12.9. The Morgan fingerprint density at radius 3 is 2.82 bits per heavy atom. The van der Waals surface area contributed by atoms with E-state index in [-0.39, 0.29) is 24.1 Å². The van der Waals surface area contributed by atoms with Crippen LogP contribution in [0.2, 0.25) is 0 Å². The third kappa shape index (κ3) is 3.38. The Morgan fingerprint density at radius 2 is 1.96 bits per heavy atom. The number of piperidine rings is 1. The number of nitrogens with one attached hydrogen (secondary N) is 1. The minimum Gasteiger partial charge on any atom is -0.340 e. The molecule has 150 valence electrons. The summed E-state index contributed by atoms with van der Waals surface area (Å²) in [7, 11) is 0. The Labute approximate surface area is 163 Å². The van der Waals surface area contributed by atoms with Crippen LogP contribution in [0, 0.1) is 0 Å². The third-order valence-electron chi connectivity index (χ3n) is 6.19. The molecule has 2 aromatic rings. The molecule has 1 atom stereocenters. The van der Waals surface area contributed by atoms with E-state index >= 15 is 0 Å². The van der Waals surface area contributed by atoms with Crippen LogP contribution >= 0.6 is 0 Å². The van der Waals surface area contributed by atoms with Gasteiger partial charge in [0, 0.05) is 37.9 Å². The summed E-state index contributed by atoms with van der Waals surface area (Å²) in [4.78, 5) is 32.0. The van der Waals surface area contributed by atoms with Crippen molar-refractivity contribution in [1.29, 1.82) is 0 Å². The van der Waals surface area contributed by atoms with Crippen LogP contribution < -0.4 is 5.69 Å². The second-order valence-electron chi connectivity index (χ2n) is 8.35. The molecule has 9 nitrogen and oxygen atoms in total. The maximum Gasteiger partial charge on any atom is 0.346 e. The number of hydrogen-bond donors (Lipinski definition) is 1. The molecule has 1 aliphatic carbocycles. The van der Waals surface area contributed by atoms with Gasteiger partial charge >= 0.3 is 5.69 Å². The number of H-pyrrole nitrogens is 1. The van der Waals surface area contributed by atoms with Crippen LogP contribution in [-0.4, -0.2) is 53.4 Å². The summed E-state index contributed by atoms with van der Waals surface area (Å²) in [5.41, 5.74) is -0.151. The van der Waals surface area contributed by atoms with E-state index in [2.05, 4.69) is 20.3 Å². The minimum absolute atomic E-state index is 0.0207. The second-order valence-corrected chi connectivity index (χ2v) is 8.35. The van der Waals surface area contributed by atoms with Crippen molar-refractivity contribution >= 4 is 5.91 Å². The Morgan fingerprint density at radius 1 is 1.07 bits per heavy atom. The Bertz CT molecular complexity index is 923. The minimum atomic E-state index is -0.151. The van der Waals surface area contributed by atoms with Crippen LogP contribution in [0.1, 0.15) is 74.3 Å². The predicted molar refractivity (Wildman–Crippen MR) is 101 cm³/mol. The molecule has 1 saturated heterocycles. The SMILES string of the molecule is O=C(Cn1nc2n(c1=O)CCCCC2)N1CCC[C@@H](c2n[nH]c(C3CC3)n2)C1. The molecule has 28 heavy (non-hydrogen) atoms. The first-order chi connectivity index (χ1) is 13.7. The van der Waals surface area contributed by atoms with Gasteiger partial charge < -0.3 is 4.90 Å². The summed E-state index contributed by atoms with van der Waals surface area (Å²) in [5, 5.41) is 11.9. The van der Waals surface area contributed by atoms with Gasteiger partial charge in [-0.2, -0.15) is 10.2 Å². The Hall–Kier alpha value is -2.45. The monoisotopic (exact) mass is 385 g/mol. The first kappa shape index (κ1) is 17.6. The van der Waals surface area contributed by atoms with Crippen molar-refractivity contribution in [3.63, 3.8) is 0 Å². The van der Waals surface area contributed by atoms with E-state index in [0.29, 0.717) is 19.0 Å². The van der Waals surface area contributed by atoms with E-state index in [1.165, 1.54) is 17.5 Å². The highest BCUT2D eigenvalue weighted by Gasteiger charge is 2.31. The number of aromatic amines is 1. The molecule has 2 aliphatic heterocycles. The number of likely N-dealkylation sites (tertiary alicyclic amines) is 1. The number of carbonyl (C=O) groups excluding carboxylic acids is 1. The average molecular weight is 385 g/mol. The molecule has 0 unspecified atom stereocenters. The van der Waals surface area contributed by atoms with Crippen molar-refractivity contribution in [2.45, 2.75) is 76.3 Å². The molecule has 9 heteroatoms. The smallest absolute Gasteiger partial charge is 0.340 e. The normalized spacial score (nSPS) is 22.7. The lowest BCUT2D eigenvalue weighted by Gasteiger charge is -2.31. The molecule has 5 rings (SSSR count). The van der Waals surface area contributed by atoms with Crippen LogP contribution in [0.4, 0.5) is 0 Å². The molecule has 0 bridgehead atoms. The summed E-state index contributed by atoms with van der Waals surface area (Å²) in [6.07, 6.45) is 8.29. The standard InChI is InChI=1S/C19H27N7O2/c27-16(12-26-19(28)25-10-3-1-2-6-15(25)23-26)24-9-4-5-14(11-24)18-20-17(21-22-18)13-7-8-13/h13-14H,1-12H2,(H,20,21,22)/t14-/m1/s1.